The summed E-state index contributed by atoms with van der Waals surface area (Å²) in [6, 6.07) is 6.79. The lowest BCUT2D eigenvalue weighted by Crippen LogP contribution is -2.34. The summed E-state index contributed by atoms with van der Waals surface area (Å²) in [7, 11) is 4.29. The quantitative estimate of drug-likeness (QED) is 0.925. The van der Waals surface area contributed by atoms with E-state index in [-0.39, 0.29) is 6.04 Å². The molecule has 2 rings (SSSR count). The van der Waals surface area contributed by atoms with E-state index in [1.54, 1.807) is 0 Å². The number of hydrogen-bond acceptors (Lipinski definition) is 3. The molecule has 4 heteroatoms. The molecule has 0 radical (unpaired) electrons. The van der Waals surface area contributed by atoms with Crippen molar-refractivity contribution >= 4 is 17.3 Å². The zero-order chi connectivity index (χ0) is 14.2. The Morgan fingerprint density at radius 2 is 2.05 bits per heavy atom. The molecule has 3 unspecified atom stereocenters. The van der Waals surface area contributed by atoms with Gasteiger partial charge in [0.1, 0.15) is 0 Å². The minimum Gasteiger partial charge on any atom is -0.368 e. The number of rotatable bonds is 3. The molecule has 1 aliphatic rings. The van der Waals surface area contributed by atoms with Crippen molar-refractivity contribution in [3.05, 3.63) is 28.8 Å². The van der Waals surface area contributed by atoms with Gasteiger partial charge >= 0.3 is 0 Å². The predicted octanol–water partition coefficient (Wildman–Crippen LogP) is 2.75. The molecule has 0 bridgehead atoms. The third kappa shape index (κ3) is 3.04. The molecule has 0 spiro atoms. The van der Waals surface area contributed by atoms with Crippen molar-refractivity contribution < 1.29 is 0 Å². The van der Waals surface area contributed by atoms with Crippen molar-refractivity contribution in [1.29, 1.82) is 0 Å². The molecule has 0 saturated carbocycles. The Balaban J connectivity index is 2.20. The van der Waals surface area contributed by atoms with E-state index in [1.165, 1.54) is 0 Å². The van der Waals surface area contributed by atoms with Crippen LogP contribution in [0.2, 0.25) is 5.02 Å². The van der Waals surface area contributed by atoms with Gasteiger partial charge in [0, 0.05) is 25.2 Å². The molecule has 3 nitrogen and oxygen atoms in total. The third-order valence-corrected chi connectivity index (χ3v) is 4.38. The summed E-state index contributed by atoms with van der Waals surface area (Å²) in [4.78, 5) is 4.68. The largest absolute Gasteiger partial charge is 0.368 e. The summed E-state index contributed by atoms with van der Waals surface area (Å²) in [6.07, 6.45) is 0. The molecule has 1 aliphatic heterocycles. The number of anilines is 1. The Hall–Kier alpha value is -0.770. The zero-order valence-corrected chi connectivity index (χ0v) is 13.0. The molecular weight excluding hydrogens is 258 g/mol. The van der Waals surface area contributed by atoms with Crippen LogP contribution < -0.4 is 10.6 Å². The second-order valence-electron chi connectivity index (χ2n) is 5.91. The fourth-order valence-corrected chi connectivity index (χ4v) is 3.19. The van der Waals surface area contributed by atoms with Crippen LogP contribution in [0.4, 0.5) is 5.69 Å². The van der Waals surface area contributed by atoms with Crippen LogP contribution in [0, 0.1) is 5.92 Å². The second kappa shape index (κ2) is 5.70. The Bertz CT molecular complexity index is 445. The third-order valence-electron chi connectivity index (χ3n) is 4.07. The summed E-state index contributed by atoms with van der Waals surface area (Å²) in [6.45, 7) is 6.37. The average molecular weight is 282 g/mol. The number of halogens is 1. The number of nitrogens with two attached hydrogens (primary N) is 1. The van der Waals surface area contributed by atoms with Gasteiger partial charge < -0.3 is 15.5 Å². The molecule has 3 atom stereocenters. The maximum absolute atomic E-state index is 6.42. The van der Waals surface area contributed by atoms with Crippen LogP contribution in [-0.4, -0.2) is 38.1 Å². The lowest BCUT2D eigenvalue weighted by molar-refractivity contribution is 0.266. The highest BCUT2D eigenvalue weighted by Crippen LogP contribution is 2.33. The minimum absolute atomic E-state index is 0.0265. The SMILES string of the molecule is CC(N)c1ccc(N2CC(C)C(N(C)C)C2)c(Cl)c1. The standard InChI is InChI=1S/C15H24ClN3/c1-10-8-19(9-15(10)18(3)4)14-6-5-12(11(2)17)7-13(14)16/h5-7,10-11,15H,8-9,17H2,1-4H3. The van der Waals surface area contributed by atoms with E-state index < -0.39 is 0 Å². The minimum atomic E-state index is 0.0265. The first kappa shape index (κ1) is 14.6. The van der Waals surface area contributed by atoms with Crippen LogP contribution in [0.5, 0.6) is 0 Å². The molecule has 1 saturated heterocycles. The van der Waals surface area contributed by atoms with Crippen LogP contribution in [-0.2, 0) is 0 Å². The van der Waals surface area contributed by atoms with Gasteiger partial charge in [-0.2, -0.15) is 0 Å². The first-order chi connectivity index (χ1) is 8.90. The summed E-state index contributed by atoms with van der Waals surface area (Å²) in [5.41, 5.74) is 8.11. The zero-order valence-electron chi connectivity index (χ0n) is 12.2. The first-order valence-electron chi connectivity index (χ1n) is 6.86. The normalized spacial score (nSPS) is 25.1. The van der Waals surface area contributed by atoms with Crippen LogP contribution in [0.1, 0.15) is 25.5 Å². The molecule has 1 heterocycles. The molecule has 106 valence electrons. The number of hydrogen-bond donors (Lipinski definition) is 1. The molecular formula is C15H24ClN3. The molecule has 2 N–H and O–H groups in total. The first-order valence-corrected chi connectivity index (χ1v) is 7.24. The van der Waals surface area contributed by atoms with Crippen molar-refractivity contribution in [3.8, 4) is 0 Å². The average Bonchev–Trinajstić information content (AvgIpc) is 2.71. The van der Waals surface area contributed by atoms with Crippen molar-refractivity contribution in [2.24, 2.45) is 11.7 Å². The van der Waals surface area contributed by atoms with E-state index in [4.69, 9.17) is 17.3 Å². The highest BCUT2D eigenvalue weighted by molar-refractivity contribution is 6.33. The topological polar surface area (TPSA) is 32.5 Å². The number of benzene rings is 1. The van der Waals surface area contributed by atoms with E-state index in [0.29, 0.717) is 12.0 Å². The Labute approximate surface area is 121 Å². The molecule has 0 amide bonds. The Morgan fingerprint density at radius 1 is 1.37 bits per heavy atom. The monoisotopic (exact) mass is 281 g/mol. The molecule has 0 aliphatic carbocycles. The van der Waals surface area contributed by atoms with Crippen LogP contribution in [0.15, 0.2) is 18.2 Å². The predicted molar refractivity (Wildman–Crippen MR) is 82.9 cm³/mol. The van der Waals surface area contributed by atoms with E-state index in [0.717, 1.165) is 29.4 Å². The molecule has 0 aromatic heterocycles. The van der Waals surface area contributed by atoms with Crippen molar-refractivity contribution in [2.75, 3.05) is 32.1 Å². The Kier molecular flexibility index (Phi) is 4.39. The summed E-state index contributed by atoms with van der Waals surface area (Å²) in [5.74, 6) is 0.652. The van der Waals surface area contributed by atoms with E-state index in [2.05, 4.69) is 43.0 Å². The van der Waals surface area contributed by atoms with Gasteiger partial charge in [-0.1, -0.05) is 24.6 Å². The van der Waals surface area contributed by atoms with Crippen LogP contribution in [0.3, 0.4) is 0 Å². The number of likely N-dealkylation sites (N-methyl/N-ethyl adjacent to an activating group) is 1. The van der Waals surface area contributed by atoms with Crippen molar-refractivity contribution in [3.63, 3.8) is 0 Å². The van der Waals surface area contributed by atoms with Crippen LogP contribution in [0.25, 0.3) is 0 Å². The fraction of sp³-hybridized carbons (Fsp3) is 0.600. The van der Waals surface area contributed by atoms with Gasteiger partial charge in [-0.25, -0.2) is 0 Å². The summed E-state index contributed by atoms with van der Waals surface area (Å²) in [5, 5.41) is 0.807. The maximum Gasteiger partial charge on any atom is 0.0642 e. The van der Waals surface area contributed by atoms with Crippen LogP contribution >= 0.6 is 11.6 Å². The molecule has 1 aromatic carbocycles. The van der Waals surface area contributed by atoms with Gasteiger partial charge in [-0.05, 0) is 44.6 Å². The Morgan fingerprint density at radius 3 is 2.53 bits per heavy atom. The van der Waals surface area contributed by atoms with Crippen molar-refractivity contribution in [1.82, 2.24) is 4.90 Å². The lowest BCUT2D eigenvalue weighted by atomic mass is 10.1. The maximum atomic E-state index is 6.42. The van der Waals surface area contributed by atoms with Gasteiger partial charge in [-0.3, -0.25) is 0 Å². The number of nitrogens with zero attached hydrogens (tertiary/aromatic N) is 2. The molecule has 19 heavy (non-hydrogen) atoms. The van der Waals surface area contributed by atoms with E-state index in [1.807, 2.05) is 13.0 Å². The fourth-order valence-electron chi connectivity index (χ4n) is 2.88. The van der Waals surface area contributed by atoms with Gasteiger partial charge in [0.25, 0.3) is 0 Å². The molecule has 1 aromatic rings. The van der Waals surface area contributed by atoms with E-state index >= 15 is 0 Å². The summed E-state index contributed by atoms with van der Waals surface area (Å²) < 4.78 is 0. The van der Waals surface area contributed by atoms with Gasteiger partial charge in [0.05, 0.1) is 10.7 Å². The lowest BCUT2D eigenvalue weighted by Gasteiger charge is -2.23. The molecule has 1 fully saturated rings. The highest BCUT2D eigenvalue weighted by Gasteiger charge is 2.31. The van der Waals surface area contributed by atoms with Gasteiger partial charge in [-0.15, -0.1) is 0 Å². The van der Waals surface area contributed by atoms with E-state index in [9.17, 15) is 0 Å². The second-order valence-corrected chi connectivity index (χ2v) is 6.32. The van der Waals surface area contributed by atoms with Gasteiger partial charge in [0.2, 0.25) is 0 Å². The highest BCUT2D eigenvalue weighted by atomic mass is 35.5. The van der Waals surface area contributed by atoms with Gasteiger partial charge in [0.15, 0.2) is 0 Å². The summed E-state index contributed by atoms with van der Waals surface area (Å²) >= 11 is 6.42. The smallest absolute Gasteiger partial charge is 0.0642 e. The van der Waals surface area contributed by atoms with Crippen molar-refractivity contribution in [2.45, 2.75) is 25.9 Å².